The van der Waals surface area contributed by atoms with E-state index in [1.54, 1.807) is 23.9 Å². The van der Waals surface area contributed by atoms with Crippen molar-refractivity contribution in [3.8, 4) is 11.4 Å². The van der Waals surface area contributed by atoms with Crippen molar-refractivity contribution in [2.45, 2.75) is 4.90 Å². The Hall–Kier alpha value is -3.46. The first kappa shape index (κ1) is 19.3. The highest BCUT2D eigenvalue weighted by atomic mass is 32.2. The van der Waals surface area contributed by atoms with Gasteiger partial charge in [0.1, 0.15) is 0 Å². The zero-order valence-electron chi connectivity index (χ0n) is 14.8. The number of thioether (sulfide) groups is 1. The molecule has 1 heterocycles. The molecule has 4 N–H and O–H groups in total. The molecule has 8 nitrogen and oxygen atoms in total. The molecule has 0 aliphatic rings. The Labute approximate surface area is 165 Å². The summed E-state index contributed by atoms with van der Waals surface area (Å²) in [4.78, 5) is 25.0. The summed E-state index contributed by atoms with van der Waals surface area (Å²) in [6.45, 7) is 0.426. The summed E-state index contributed by atoms with van der Waals surface area (Å²) in [6.07, 6.45) is 1.32. The number of nitrogens with one attached hydrogen (secondary N) is 3. The molecule has 0 atom stereocenters. The van der Waals surface area contributed by atoms with Crippen LogP contribution >= 0.6 is 11.8 Å². The largest absolute Gasteiger partial charge is 0.504 e. The molecular formula is C19H19N5O3S. The summed E-state index contributed by atoms with van der Waals surface area (Å²) in [5, 5.41) is 16.6. The first-order chi connectivity index (χ1) is 13.6. The van der Waals surface area contributed by atoms with Gasteiger partial charge >= 0.3 is 6.03 Å². The Kier molecular flexibility index (Phi) is 6.53. The zero-order valence-corrected chi connectivity index (χ0v) is 15.6. The number of hydrazine groups is 1. The van der Waals surface area contributed by atoms with Crippen LogP contribution in [-0.2, 0) is 0 Å². The lowest BCUT2D eigenvalue weighted by molar-refractivity contribution is 0.0928. The molecule has 28 heavy (non-hydrogen) atoms. The number of aromatic hydroxyl groups is 1. The quantitative estimate of drug-likeness (QED) is 0.290. The number of hydrogen-bond donors (Lipinski definition) is 4. The van der Waals surface area contributed by atoms with Gasteiger partial charge in [0.05, 0.1) is 11.9 Å². The van der Waals surface area contributed by atoms with Gasteiger partial charge in [-0.3, -0.25) is 10.2 Å². The molecule has 3 amide bonds. The number of rotatable bonds is 6. The summed E-state index contributed by atoms with van der Waals surface area (Å²) >= 11 is 1.61. The number of carbonyl (C=O) groups is 2. The second kappa shape index (κ2) is 9.47. The third-order valence-corrected chi connectivity index (χ3v) is 4.63. The Morgan fingerprint density at radius 3 is 2.39 bits per heavy atom. The lowest BCUT2D eigenvalue weighted by Gasteiger charge is -2.08. The van der Waals surface area contributed by atoms with Gasteiger partial charge < -0.3 is 10.4 Å². The van der Waals surface area contributed by atoms with Crippen molar-refractivity contribution in [1.29, 1.82) is 0 Å². The molecule has 0 saturated carbocycles. The minimum absolute atomic E-state index is 0.191. The Balaban J connectivity index is 1.43. The molecule has 144 valence electrons. The van der Waals surface area contributed by atoms with Crippen LogP contribution in [0.5, 0.6) is 5.75 Å². The van der Waals surface area contributed by atoms with Gasteiger partial charge in [-0.05, 0) is 24.3 Å². The lowest BCUT2D eigenvalue weighted by atomic mass is 10.3. The second-order valence-electron chi connectivity index (χ2n) is 5.64. The van der Waals surface area contributed by atoms with E-state index >= 15 is 0 Å². The number of nitrogens with zero attached hydrogens (tertiary/aromatic N) is 2. The van der Waals surface area contributed by atoms with E-state index in [4.69, 9.17) is 0 Å². The third kappa shape index (κ3) is 5.27. The van der Waals surface area contributed by atoms with E-state index in [9.17, 15) is 14.7 Å². The van der Waals surface area contributed by atoms with Crippen molar-refractivity contribution in [1.82, 2.24) is 25.9 Å². The first-order valence-electron chi connectivity index (χ1n) is 8.49. The summed E-state index contributed by atoms with van der Waals surface area (Å²) in [5.41, 5.74) is 4.96. The topological polar surface area (TPSA) is 108 Å². The number of hydrogen-bond acceptors (Lipinski definition) is 5. The molecule has 0 bridgehead atoms. The Morgan fingerprint density at radius 1 is 1.00 bits per heavy atom. The fraction of sp³-hybridized carbons (Fsp3) is 0.105. The third-order valence-electron chi connectivity index (χ3n) is 3.62. The monoisotopic (exact) mass is 397 g/mol. The van der Waals surface area contributed by atoms with Crippen LogP contribution in [0.15, 0.2) is 71.8 Å². The zero-order chi connectivity index (χ0) is 19.8. The van der Waals surface area contributed by atoms with Gasteiger partial charge in [-0.1, -0.05) is 36.4 Å². The molecule has 1 aromatic heterocycles. The number of benzene rings is 2. The van der Waals surface area contributed by atoms with E-state index in [-0.39, 0.29) is 11.4 Å². The van der Waals surface area contributed by atoms with E-state index < -0.39 is 11.9 Å². The molecule has 9 heteroatoms. The fourth-order valence-electron chi connectivity index (χ4n) is 2.31. The average molecular weight is 397 g/mol. The molecule has 3 aromatic rings. The number of aromatic nitrogens is 2. The van der Waals surface area contributed by atoms with Gasteiger partial charge in [-0.2, -0.15) is 5.10 Å². The molecule has 0 saturated heterocycles. The van der Waals surface area contributed by atoms with Gasteiger partial charge in [0, 0.05) is 17.2 Å². The predicted octanol–water partition coefficient (Wildman–Crippen LogP) is 2.31. The van der Waals surface area contributed by atoms with Crippen LogP contribution in [0.1, 0.15) is 10.5 Å². The maximum Gasteiger partial charge on any atom is 0.333 e. The fourth-order valence-corrected chi connectivity index (χ4v) is 3.10. The molecule has 0 spiro atoms. The number of para-hydroxylation sites is 1. The summed E-state index contributed by atoms with van der Waals surface area (Å²) in [7, 11) is 0. The Bertz CT molecular complexity index is 931. The average Bonchev–Trinajstić information content (AvgIpc) is 3.12. The van der Waals surface area contributed by atoms with Gasteiger partial charge in [0.15, 0.2) is 11.4 Å². The summed E-state index contributed by atoms with van der Waals surface area (Å²) in [6, 6.07) is 18.3. The van der Waals surface area contributed by atoms with Crippen molar-refractivity contribution in [2.75, 3.05) is 12.3 Å². The van der Waals surface area contributed by atoms with Crippen molar-refractivity contribution in [3.63, 3.8) is 0 Å². The van der Waals surface area contributed by atoms with E-state index in [1.807, 2.05) is 48.5 Å². The van der Waals surface area contributed by atoms with E-state index in [2.05, 4.69) is 21.3 Å². The van der Waals surface area contributed by atoms with Gasteiger partial charge in [0.25, 0.3) is 5.91 Å². The van der Waals surface area contributed by atoms with Crippen LogP contribution < -0.4 is 16.2 Å². The van der Waals surface area contributed by atoms with E-state index in [0.717, 1.165) is 4.90 Å². The van der Waals surface area contributed by atoms with Gasteiger partial charge in [-0.25, -0.2) is 14.9 Å². The van der Waals surface area contributed by atoms with Crippen LogP contribution in [0.25, 0.3) is 5.69 Å². The van der Waals surface area contributed by atoms with Crippen LogP contribution in [0.4, 0.5) is 4.79 Å². The number of urea groups is 1. The van der Waals surface area contributed by atoms with Crippen LogP contribution in [0.3, 0.4) is 0 Å². The summed E-state index contributed by atoms with van der Waals surface area (Å²) in [5.74, 6) is -0.322. The SMILES string of the molecule is O=C(NCCSc1ccccc1)NNC(=O)c1nn(-c2ccccc2)cc1O. The molecule has 2 aromatic carbocycles. The predicted molar refractivity (Wildman–Crippen MR) is 106 cm³/mol. The molecule has 0 radical (unpaired) electrons. The smallest absolute Gasteiger partial charge is 0.333 e. The minimum Gasteiger partial charge on any atom is -0.504 e. The van der Waals surface area contributed by atoms with Gasteiger partial charge in [-0.15, -0.1) is 11.8 Å². The molecule has 3 rings (SSSR count). The van der Waals surface area contributed by atoms with Crippen molar-refractivity contribution < 1.29 is 14.7 Å². The maximum absolute atomic E-state index is 12.1. The highest BCUT2D eigenvalue weighted by molar-refractivity contribution is 7.99. The molecule has 0 aliphatic carbocycles. The number of carbonyl (C=O) groups excluding carboxylic acids is 2. The van der Waals surface area contributed by atoms with Crippen molar-refractivity contribution >= 4 is 23.7 Å². The molecule has 0 unspecified atom stereocenters. The van der Waals surface area contributed by atoms with E-state index in [0.29, 0.717) is 18.0 Å². The van der Waals surface area contributed by atoms with Crippen molar-refractivity contribution in [2.24, 2.45) is 0 Å². The van der Waals surface area contributed by atoms with Gasteiger partial charge in [0.2, 0.25) is 0 Å². The van der Waals surface area contributed by atoms with Crippen molar-refractivity contribution in [3.05, 3.63) is 72.6 Å². The van der Waals surface area contributed by atoms with Crippen LogP contribution in [-0.4, -0.2) is 39.1 Å². The standard InChI is InChI=1S/C19H19N5O3S/c25-16-13-24(14-7-3-1-4-8-14)23-17(16)18(26)21-22-19(27)20-11-12-28-15-9-5-2-6-10-15/h1-10,13,25H,11-12H2,(H,21,26)(H2,20,22,27). The second-order valence-corrected chi connectivity index (χ2v) is 6.81. The minimum atomic E-state index is -0.721. The summed E-state index contributed by atoms with van der Waals surface area (Å²) < 4.78 is 1.38. The lowest BCUT2D eigenvalue weighted by Crippen LogP contribution is -2.47. The highest BCUT2D eigenvalue weighted by Crippen LogP contribution is 2.18. The maximum atomic E-state index is 12.1. The molecule has 0 aliphatic heterocycles. The Morgan fingerprint density at radius 2 is 1.68 bits per heavy atom. The van der Waals surface area contributed by atoms with Crippen LogP contribution in [0, 0.1) is 0 Å². The van der Waals surface area contributed by atoms with E-state index in [1.165, 1.54) is 10.9 Å². The normalized spacial score (nSPS) is 10.3. The molecular weight excluding hydrogens is 378 g/mol. The molecule has 0 fully saturated rings. The first-order valence-corrected chi connectivity index (χ1v) is 9.48. The number of amides is 3. The highest BCUT2D eigenvalue weighted by Gasteiger charge is 2.17. The van der Waals surface area contributed by atoms with Crippen LogP contribution in [0.2, 0.25) is 0 Å².